The van der Waals surface area contributed by atoms with Gasteiger partial charge in [0.25, 0.3) is 5.91 Å². The molecule has 1 N–H and O–H groups in total. The number of rotatable bonds is 7. The SMILES string of the molecule is CC(C)(C)c1ccc(OCCNC(=O)COc2cccc(C(F)(F)F)c2)cc1. The molecule has 0 unspecified atom stereocenters. The lowest BCUT2D eigenvalue weighted by Crippen LogP contribution is -2.32. The van der Waals surface area contributed by atoms with Crippen molar-refractivity contribution in [3.63, 3.8) is 0 Å². The van der Waals surface area contributed by atoms with Gasteiger partial charge in [-0.05, 0) is 41.3 Å². The van der Waals surface area contributed by atoms with Crippen LogP contribution >= 0.6 is 0 Å². The normalized spacial score (nSPS) is 11.8. The Kier molecular flexibility index (Phi) is 6.94. The van der Waals surface area contributed by atoms with Crippen LogP contribution in [0, 0.1) is 0 Å². The van der Waals surface area contributed by atoms with Gasteiger partial charge in [0.15, 0.2) is 6.61 Å². The Morgan fingerprint density at radius 1 is 0.929 bits per heavy atom. The van der Waals surface area contributed by atoms with E-state index in [0.29, 0.717) is 5.75 Å². The van der Waals surface area contributed by atoms with Crippen molar-refractivity contribution in [2.45, 2.75) is 32.4 Å². The van der Waals surface area contributed by atoms with Crippen molar-refractivity contribution in [2.75, 3.05) is 19.8 Å². The van der Waals surface area contributed by atoms with Crippen molar-refractivity contribution in [2.24, 2.45) is 0 Å². The first-order valence-corrected chi connectivity index (χ1v) is 8.86. The predicted octanol–water partition coefficient (Wildman–Crippen LogP) is 4.58. The summed E-state index contributed by atoms with van der Waals surface area (Å²) in [6, 6.07) is 12.1. The molecule has 0 atom stereocenters. The molecule has 0 radical (unpaired) electrons. The molecular formula is C21H24F3NO3. The second-order valence-corrected chi connectivity index (χ2v) is 7.29. The molecule has 0 aliphatic carbocycles. The summed E-state index contributed by atoms with van der Waals surface area (Å²) in [5.74, 6) is 0.242. The van der Waals surface area contributed by atoms with Gasteiger partial charge in [-0.3, -0.25) is 4.79 Å². The number of carbonyl (C=O) groups excluding carboxylic acids is 1. The number of benzene rings is 2. The third kappa shape index (κ3) is 6.79. The summed E-state index contributed by atoms with van der Waals surface area (Å²) in [6.45, 7) is 6.52. The number of carbonyl (C=O) groups is 1. The van der Waals surface area contributed by atoms with Crippen molar-refractivity contribution in [3.05, 3.63) is 59.7 Å². The smallest absolute Gasteiger partial charge is 0.416 e. The Morgan fingerprint density at radius 3 is 2.21 bits per heavy atom. The Bertz CT molecular complexity index is 781. The number of nitrogens with one attached hydrogen (secondary N) is 1. The zero-order valence-electron chi connectivity index (χ0n) is 16.1. The molecule has 2 rings (SSSR count). The minimum absolute atomic E-state index is 0.0137. The maximum Gasteiger partial charge on any atom is 0.416 e. The molecule has 4 nitrogen and oxygen atoms in total. The van der Waals surface area contributed by atoms with Crippen molar-refractivity contribution in [1.82, 2.24) is 5.32 Å². The van der Waals surface area contributed by atoms with Crippen molar-refractivity contribution < 1.29 is 27.4 Å². The maximum absolute atomic E-state index is 12.6. The zero-order valence-corrected chi connectivity index (χ0v) is 16.1. The molecule has 0 spiro atoms. The van der Waals surface area contributed by atoms with Crippen LogP contribution in [0.5, 0.6) is 11.5 Å². The predicted molar refractivity (Wildman–Crippen MR) is 101 cm³/mol. The van der Waals surface area contributed by atoms with Crippen molar-refractivity contribution in [1.29, 1.82) is 0 Å². The first-order valence-electron chi connectivity index (χ1n) is 8.86. The van der Waals surface area contributed by atoms with Crippen LogP contribution in [0.3, 0.4) is 0 Å². The summed E-state index contributed by atoms with van der Waals surface area (Å²) in [5.41, 5.74) is 0.433. The number of ether oxygens (including phenoxy) is 2. The van der Waals surface area contributed by atoms with Crippen molar-refractivity contribution in [3.8, 4) is 11.5 Å². The fourth-order valence-corrected chi connectivity index (χ4v) is 2.37. The molecule has 28 heavy (non-hydrogen) atoms. The molecule has 0 saturated heterocycles. The third-order valence-electron chi connectivity index (χ3n) is 3.94. The Morgan fingerprint density at radius 2 is 1.61 bits per heavy atom. The van der Waals surface area contributed by atoms with Crippen LogP contribution in [0.25, 0.3) is 0 Å². The van der Waals surface area contributed by atoms with Gasteiger partial charge < -0.3 is 14.8 Å². The van der Waals surface area contributed by atoms with Crippen LogP contribution in [0.2, 0.25) is 0 Å². The molecule has 0 heterocycles. The van der Waals surface area contributed by atoms with Crippen LogP contribution < -0.4 is 14.8 Å². The van der Waals surface area contributed by atoms with Crippen LogP contribution in [0.1, 0.15) is 31.9 Å². The summed E-state index contributed by atoms with van der Waals surface area (Å²) in [6.07, 6.45) is -4.45. The molecule has 1 amide bonds. The highest BCUT2D eigenvalue weighted by atomic mass is 19.4. The van der Waals surface area contributed by atoms with E-state index in [-0.39, 0.29) is 30.9 Å². The van der Waals surface area contributed by atoms with Gasteiger partial charge >= 0.3 is 6.18 Å². The molecule has 0 saturated carbocycles. The summed E-state index contributed by atoms with van der Waals surface area (Å²) in [7, 11) is 0. The molecule has 2 aromatic rings. The molecule has 152 valence electrons. The van der Waals surface area contributed by atoms with Gasteiger partial charge in [0, 0.05) is 0 Å². The highest BCUT2D eigenvalue weighted by Gasteiger charge is 2.30. The van der Waals surface area contributed by atoms with Crippen LogP contribution in [0.15, 0.2) is 48.5 Å². The van der Waals surface area contributed by atoms with E-state index in [1.54, 1.807) is 0 Å². The van der Waals surface area contributed by atoms with E-state index in [1.807, 2.05) is 24.3 Å². The number of amides is 1. The quantitative estimate of drug-likeness (QED) is 0.699. The number of hydrogen-bond acceptors (Lipinski definition) is 3. The van der Waals surface area contributed by atoms with Crippen LogP contribution in [0.4, 0.5) is 13.2 Å². The molecular weight excluding hydrogens is 371 g/mol. The molecule has 2 aromatic carbocycles. The van der Waals surface area contributed by atoms with Crippen LogP contribution in [-0.4, -0.2) is 25.7 Å². The fraction of sp³-hybridized carbons (Fsp3) is 0.381. The van der Waals surface area contributed by atoms with Gasteiger partial charge in [0.2, 0.25) is 0 Å². The van der Waals surface area contributed by atoms with Gasteiger partial charge in [-0.15, -0.1) is 0 Å². The first-order chi connectivity index (χ1) is 13.1. The fourth-order valence-electron chi connectivity index (χ4n) is 2.37. The minimum Gasteiger partial charge on any atom is -0.492 e. The second kappa shape index (κ2) is 8.99. The van der Waals surface area contributed by atoms with Gasteiger partial charge in [0.05, 0.1) is 12.1 Å². The summed E-state index contributed by atoms with van der Waals surface area (Å²) < 4.78 is 48.6. The first kappa shape index (κ1) is 21.6. The lowest BCUT2D eigenvalue weighted by molar-refractivity contribution is -0.137. The van der Waals surface area contributed by atoms with E-state index in [9.17, 15) is 18.0 Å². The van der Waals surface area contributed by atoms with Gasteiger partial charge in [-0.1, -0.05) is 39.0 Å². The third-order valence-corrected chi connectivity index (χ3v) is 3.94. The van der Waals surface area contributed by atoms with E-state index < -0.39 is 17.6 Å². The van der Waals surface area contributed by atoms with Gasteiger partial charge in [-0.25, -0.2) is 0 Å². The molecule has 0 aromatic heterocycles. The largest absolute Gasteiger partial charge is 0.492 e. The van der Waals surface area contributed by atoms with E-state index >= 15 is 0 Å². The van der Waals surface area contributed by atoms with Gasteiger partial charge in [0.1, 0.15) is 18.1 Å². The molecule has 0 fully saturated rings. The Labute approximate surface area is 162 Å². The lowest BCUT2D eigenvalue weighted by atomic mass is 9.87. The van der Waals surface area contributed by atoms with Gasteiger partial charge in [-0.2, -0.15) is 13.2 Å². The minimum atomic E-state index is -4.45. The van der Waals surface area contributed by atoms with Crippen LogP contribution in [-0.2, 0) is 16.4 Å². The standard InChI is InChI=1S/C21H24F3NO3/c1-20(2,3)15-7-9-17(10-8-15)27-12-11-25-19(26)14-28-18-6-4-5-16(13-18)21(22,23)24/h4-10,13H,11-12,14H2,1-3H3,(H,25,26). The molecule has 0 bridgehead atoms. The number of hydrogen-bond donors (Lipinski definition) is 1. The van der Waals surface area contributed by atoms with Crippen molar-refractivity contribution >= 4 is 5.91 Å². The maximum atomic E-state index is 12.6. The van der Waals surface area contributed by atoms with E-state index in [0.717, 1.165) is 12.1 Å². The lowest BCUT2D eigenvalue weighted by Gasteiger charge is -2.19. The molecule has 7 heteroatoms. The molecule has 0 aliphatic heterocycles. The van der Waals surface area contributed by atoms with E-state index in [2.05, 4.69) is 26.1 Å². The average Bonchev–Trinajstić information content (AvgIpc) is 2.63. The van der Waals surface area contributed by atoms with E-state index in [1.165, 1.54) is 17.7 Å². The monoisotopic (exact) mass is 395 g/mol. The average molecular weight is 395 g/mol. The summed E-state index contributed by atoms with van der Waals surface area (Å²) >= 11 is 0. The highest BCUT2D eigenvalue weighted by molar-refractivity contribution is 5.77. The zero-order chi connectivity index (χ0) is 20.8. The number of alkyl halides is 3. The van der Waals surface area contributed by atoms with E-state index in [4.69, 9.17) is 9.47 Å². The molecule has 0 aliphatic rings. The Balaban J connectivity index is 1.70. The second-order valence-electron chi connectivity index (χ2n) is 7.29. The summed E-state index contributed by atoms with van der Waals surface area (Å²) in [5, 5.41) is 2.59. The summed E-state index contributed by atoms with van der Waals surface area (Å²) in [4.78, 5) is 11.8. The topological polar surface area (TPSA) is 47.6 Å². The number of halogens is 3. The Hall–Kier alpha value is -2.70. The highest BCUT2D eigenvalue weighted by Crippen LogP contribution is 2.31.